The maximum Gasteiger partial charge on any atom is 0.418 e. The zero-order valence-corrected chi connectivity index (χ0v) is 13.6. The average Bonchev–Trinajstić information content (AvgIpc) is 2.60. The molecule has 25 heavy (non-hydrogen) atoms. The fourth-order valence-electron chi connectivity index (χ4n) is 2.15. The number of allylic oxidation sites excluding steroid dienone is 1. The highest BCUT2D eigenvalue weighted by molar-refractivity contribution is 6.05. The fraction of sp³-hybridized carbons (Fsp3) is 0.167. The van der Waals surface area contributed by atoms with Gasteiger partial charge in [-0.05, 0) is 30.3 Å². The van der Waals surface area contributed by atoms with Crippen LogP contribution >= 0.6 is 0 Å². The first-order chi connectivity index (χ1) is 11.9. The van der Waals surface area contributed by atoms with E-state index < -0.39 is 17.5 Å². The van der Waals surface area contributed by atoms with Crippen molar-refractivity contribution >= 4 is 11.5 Å². The van der Waals surface area contributed by atoms with Crippen molar-refractivity contribution in [1.29, 1.82) is 0 Å². The molecule has 0 bridgehead atoms. The van der Waals surface area contributed by atoms with Gasteiger partial charge in [0.25, 0.3) is 0 Å². The predicted octanol–water partition coefficient (Wildman–Crippen LogP) is 4.53. The molecule has 0 amide bonds. The van der Waals surface area contributed by atoms with Gasteiger partial charge in [0.1, 0.15) is 0 Å². The van der Waals surface area contributed by atoms with Crippen LogP contribution in [0.3, 0.4) is 0 Å². The van der Waals surface area contributed by atoms with Crippen LogP contribution in [0, 0.1) is 0 Å². The van der Waals surface area contributed by atoms with Crippen LogP contribution in [0.4, 0.5) is 18.9 Å². The molecule has 0 aliphatic carbocycles. The highest BCUT2D eigenvalue weighted by Gasteiger charge is 2.32. The molecule has 0 aromatic heterocycles. The molecule has 0 heterocycles. The maximum atomic E-state index is 12.9. The molecule has 0 unspecified atom stereocenters. The zero-order chi connectivity index (χ0) is 18.4. The largest absolute Gasteiger partial charge is 0.493 e. The van der Waals surface area contributed by atoms with Crippen molar-refractivity contribution in [1.82, 2.24) is 0 Å². The molecule has 0 saturated carbocycles. The van der Waals surface area contributed by atoms with Crippen LogP contribution in [0.1, 0.15) is 15.9 Å². The molecular formula is C18H16F3NO3. The van der Waals surface area contributed by atoms with Crippen LogP contribution in [-0.4, -0.2) is 20.0 Å². The summed E-state index contributed by atoms with van der Waals surface area (Å²) < 4.78 is 48.9. The van der Waals surface area contributed by atoms with Crippen molar-refractivity contribution in [2.75, 3.05) is 19.5 Å². The van der Waals surface area contributed by atoms with Gasteiger partial charge in [0, 0.05) is 17.8 Å². The predicted molar refractivity (Wildman–Crippen MR) is 88.1 cm³/mol. The van der Waals surface area contributed by atoms with Gasteiger partial charge in [-0.3, -0.25) is 4.79 Å². The van der Waals surface area contributed by atoms with E-state index in [-0.39, 0.29) is 5.69 Å². The minimum Gasteiger partial charge on any atom is -0.493 e. The Bertz CT molecular complexity index is 785. The summed E-state index contributed by atoms with van der Waals surface area (Å²) >= 11 is 0. The normalized spacial score (nSPS) is 11.4. The molecule has 2 aromatic rings. The second-order valence-electron chi connectivity index (χ2n) is 4.96. The number of carbonyl (C=O) groups excluding carboxylic acids is 1. The van der Waals surface area contributed by atoms with Crippen molar-refractivity contribution in [3.63, 3.8) is 0 Å². The lowest BCUT2D eigenvalue weighted by atomic mass is 10.1. The highest BCUT2D eigenvalue weighted by atomic mass is 19.4. The number of alkyl halides is 3. The third kappa shape index (κ3) is 4.53. The summed E-state index contributed by atoms with van der Waals surface area (Å²) in [5, 5.41) is 2.49. The van der Waals surface area contributed by atoms with E-state index in [0.29, 0.717) is 17.1 Å². The number of halogens is 3. The number of ether oxygens (including phenoxy) is 2. The molecular weight excluding hydrogens is 335 g/mol. The van der Waals surface area contributed by atoms with E-state index in [9.17, 15) is 18.0 Å². The SMILES string of the molecule is COc1ccc(C(=O)C=CNc2ccccc2C(F)(F)F)cc1OC. The Morgan fingerprint density at radius 1 is 1.04 bits per heavy atom. The standard InChI is InChI=1S/C18H16F3NO3/c1-24-16-8-7-12(11-17(16)25-2)15(23)9-10-22-14-6-4-3-5-13(14)18(19,20)21/h3-11,22H,1-2H3. The number of benzene rings is 2. The number of anilines is 1. The van der Waals surface area contributed by atoms with Crippen molar-refractivity contribution in [3.8, 4) is 11.5 Å². The molecule has 2 aromatic carbocycles. The Hall–Kier alpha value is -2.96. The van der Waals surface area contributed by atoms with Crippen LogP contribution in [0.2, 0.25) is 0 Å². The third-order valence-electron chi connectivity index (χ3n) is 3.37. The number of hydrogen-bond donors (Lipinski definition) is 1. The summed E-state index contributed by atoms with van der Waals surface area (Å²) in [6.07, 6.45) is -2.16. The summed E-state index contributed by atoms with van der Waals surface area (Å²) in [5.41, 5.74) is -0.621. The van der Waals surface area contributed by atoms with Crippen LogP contribution in [0.15, 0.2) is 54.7 Å². The van der Waals surface area contributed by atoms with Crippen LogP contribution in [0.5, 0.6) is 11.5 Å². The van der Waals surface area contributed by atoms with Gasteiger partial charge >= 0.3 is 6.18 Å². The lowest BCUT2D eigenvalue weighted by molar-refractivity contribution is -0.136. The third-order valence-corrected chi connectivity index (χ3v) is 3.37. The van der Waals surface area contributed by atoms with Gasteiger partial charge in [-0.25, -0.2) is 0 Å². The van der Waals surface area contributed by atoms with E-state index in [1.165, 1.54) is 50.8 Å². The van der Waals surface area contributed by atoms with Crippen molar-refractivity contribution in [2.45, 2.75) is 6.18 Å². The first kappa shape index (κ1) is 18.4. The summed E-state index contributed by atoms with van der Waals surface area (Å²) in [5.74, 6) is 0.468. The lowest BCUT2D eigenvalue weighted by Crippen LogP contribution is -2.08. The van der Waals surface area contributed by atoms with Crippen LogP contribution < -0.4 is 14.8 Å². The quantitative estimate of drug-likeness (QED) is 0.614. The van der Waals surface area contributed by atoms with E-state index in [2.05, 4.69) is 5.32 Å². The number of rotatable bonds is 6. The average molecular weight is 351 g/mol. The summed E-state index contributed by atoms with van der Waals surface area (Å²) in [6, 6.07) is 9.63. The Morgan fingerprint density at radius 2 is 1.72 bits per heavy atom. The molecule has 1 N–H and O–H groups in total. The molecule has 0 saturated heterocycles. The van der Waals surface area contributed by atoms with E-state index >= 15 is 0 Å². The van der Waals surface area contributed by atoms with Crippen molar-refractivity contribution < 1.29 is 27.4 Å². The summed E-state index contributed by atoms with van der Waals surface area (Å²) in [7, 11) is 2.92. The van der Waals surface area contributed by atoms with Gasteiger partial charge in [0.05, 0.1) is 25.5 Å². The number of ketones is 1. The molecule has 0 fully saturated rings. The number of hydrogen-bond acceptors (Lipinski definition) is 4. The topological polar surface area (TPSA) is 47.6 Å². The highest BCUT2D eigenvalue weighted by Crippen LogP contribution is 2.34. The molecule has 4 nitrogen and oxygen atoms in total. The zero-order valence-electron chi connectivity index (χ0n) is 13.6. The van der Waals surface area contributed by atoms with Crippen molar-refractivity contribution in [3.05, 3.63) is 65.9 Å². The number of carbonyl (C=O) groups is 1. The molecule has 0 aliphatic heterocycles. The van der Waals surface area contributed by atoms with Gasteiger partial charge in [-0.1, -0.05) is 12.1 Å². The molecule has 0 spiro atoms. The molecule has 0 radical (unpaired) electrons. The molecule has 7 heteroatoms. The smallest absolute Gasteiger partial charge is 0.418 e. The second-order valence-corrected chi connectivity index (χ2v) is 4.96. The van der Waals surface area contributed by atoms with E-state index in [1.54, 1.807) is 6.07 Å². The summed E-state index contributed by atoms with van der Waals surface area (Å²) in [4.78, 5) is 12.1. The molecule has 0 aliphatic rings. The van der Waals surface area contributed by atoms with Gasteiger partial charge in [0.15, 0.2) is 17.3 Å². The monoisotopic (exact) mass is 351 g/mol. The minimum atomic E-state index is -4.48. The molecule has 0 atom stereocenters. The first-order valence-corrected chi connectivity index (χ1v) is 7.22. The number of nitrogens with one attached hydrogen (secondary N) is 1. The van der Waals surface area contributed by atoms with Crippen LogP contribution in [-0.2, 0) is 6.18 Å². The Kier molecular flexibility index (Phi) is 5.69. The van der Waals surface area contributed by atoms with Gasteiger partial charge in [-0.15, -0.1) is 0 Å². The maximum absolute atomic E-state index is 12.9. The Morgan fingerprint density at radius 3 is 2.36 bits per heavy atom. The summed E-state index contributed by atoms with van der Waals surface area (Å²) in [6.45, 7) is 0. The first-order valence-electron chi connectivity index (χ1n) is 7.22. The van der Waals surface area contributed by atoms with E-state index in [0.717, 1.165) is 12.1 Å². The molecule has 132 valence electrons. The van der Waals surface area contributed by atoms with Gasteiger partial charge < -0.3 is 14.8 Å². The van der Waals surface area contributed by atoms with E-state index in [1.807, 2.05) is 0 Å². The van der Waals surface area contributed by atoms with Crippen LogP contribution in [0.25, 0.3) is 0 Å². The number of para-hydroxylation sites is 1. The van der Waals surface area contributed by atoms with Crippen molar-refractivity contribution in [2.24, 2.45) is 0 Å². The van der Waals surface area contributed by atoms with E-state index in [4.69, 9.17) is 9.47 Å². The second kappa shape index (κ2) is 7.74. The fourth-order valence-corrected chi connectivity index (χ4v) is 2.15. The van der Waals surface area contributed by atoms with Gasteiger partial charge in [0.2, 0.25) is 0 Å². The van der Waals surface area contributed by atoms with Gasteiger partial charge in [-0.2, -0.15) is 13.2 Å². The molecule has 2 rings (SSSR count). The number of methoxy groups -OCH3 is 2. The Balaban J connectivity index is 2.14. The minimum absolute atomic E-state index is 0.133. The lowest BCUT2D eigenvalue weighted by Gasteiger charge is -2.12. The Labute approximate surface area is 142 Å².